The number of carbonyl (C=O) groups excluding carboxylic acids is 1. The molecule has 0 bridgehead atoms. The molecule has 0 saturated carbocycles. The summed E-state index contributed by atoms with van der Waals surface area (Å²) in [5.74, 6) is 4.88. The van der Waals surface area contributed by atoms with Crippen LogP contribution in [0.1, 0.15) is 23.2 Å². The van der Waals surface area contributed by atoms with Crippen LogP contribution in [0.3, 0.4) is 0 Å². The third kappa shape index (κ3) is 2.48. The van der Waals surface area contributed by atoms with Gasteiger partial charge in [0, 0.05) is 5.56 Å². The van der Waals surface area contributed by atoms with Crippen LogP contribution < -0.4 is 9.47 Å². The van der Waals surface area contributed by atoms with E-state index in [-0.39, 0.29) is 5.78 Å². The Balaban J connectivity index is 1.73. The number of Topliss-reactive ketones (excluding diaryl/α,β-unsaturated/α-hetero) is 1. The van der Waals surface area contributed by atoms with Crippen molar-refractivity contribution in [1.82, 2.24) is 0 Å². The minimum atomic E-state index is 0.247. The number of ether oxygens (including phenoxy) is 2. The highest BCUT2D eigenvalue weighted by molar-refractivity contribution is 7.97. The maximum atomic E-state index is 12.2. The molecule has 3 rings (SSSR count). The predicted octanol–water partition coefficient (Wildman–Crippen LogP) is 2.05. The van der Waals surface area contributed by atoms with Crippen molar-refractivity contribution in [2.75, 3.05) is 30.5 Å². The largest absolute Gasteiger partial charge is 0.486 e. The van der Waals surface area contributed by atoms with Crippen LogP contribution in [0.15, 0.2) is 18.2 Å². The Morgan fingerprint density at radius 3 is 2.61 bits per heavy atom. The molecule has 2 aliphatic heterocycles. The summed E-state index contributed by atoms with van der Waals surface area (Å²) in [4.78, 5) is 12.2. The fraction of sp³-hybridized carbons (Fsp3) is 0.500. The molecule has 0 atom stereocenters. The van der Waals surface area contributed by atoms with Crippen molar-refractivity contribution in [2.45, 2.75) is 12.8 Å². The topological polar surface area (TPSA) is 35.5 Å². The van der Waals surface area contributed by atoms with E-state index in [0.29, 0.717) is 35.6 Å². The van der Waals surface area contributed by atoms with Crippen LogP contribution >= 0.6 is 0 Å². The van der Waals surface area contributed by atoms with Gasteiger partial charge in [0.2, 0.25) is 5.78 Å². The summed E-state index contributed by atoms with van der Waals surface area (Å²) < 4.78 is 11.0. The summed E-state index contributed by atoms with van der Waals surface area (Å²) in [7, 11) is 0.319. The highest BCUT2D eigenvalue weighted by Gasteiger charge is 2.28. The summed E-state index contributed by atoms with van der Waals surface area (Å²) in [5, 5.41) is 0. The zero-order valence-corrected chi connectivity index (χ0v) is 11.1. The van der Waals surface area contributed by atoms with Crippen molar-refractivity contribution >= 4 is 16.7 Å². The Morgan fingerprint density at radius 2 is 1.83 bits per heavy atom. The van der Waals surface area contributed by atoms with Crippen LogP contribution in [0.5, 0.6) is 11.5 Å². The molecule has 2 aliphatic rings. The quantitative estimate of drug-likeness (QED) is 0.620. The van der Waals surface area contributed by atoms with Crippen LogP contribution in [0.4, 0.5) is 0 Å². The molecule has 0 spiro atoms. The molecule has 1 aromatic carbocycles. The SMILES string of the molecule is O=C(C[S+]1CCCC1)c1ccc2c(c1)OCCO2. The fourth-order valence-corrected chi connectivity index (χ4v) is 4.60. The molecule has 0 radical (unpaired) electrons. The van der Waals surface area contributed by atoms with Crippen molar-refractivity contribution in [1.29, 1.82) is 0 Å². The summed E-state index contributed by atoms with van der Waals surface area (Å²) in [6.07, 6.45) is 2.58. The Morgan fingerprint density at radius 1 is 1.11 bits per heavy atom. The van der Waals surface area contributed by atoms with Gasteiger partial charge >= 0.3 is 0 Å². The first-order chi connectivity index (χ1) is 8.83. The molecule has 96 valence electrons. The molecule has 0 unspecified atom stereocenters. The van der Waals surface area contributed by atoms with E-state index in [9.17, 15) is 4.79 Å². The van der Waals surface area contributed by atoms with Gasteiger partial charge in [0.25, 0.3) is 0 Å². The summed E-state index contributed by atoms with van der Waals surface area (Å²) >= 11 is 0. The van der Waals surface area contributed by atoms with E-state index in [1.54, 1.807) is 0 Å². The number of hydrogen-bond donors (Lipinski definition) is 0. The third-order valence-corrected chi connectivity index (χ3v) is 5.72. The third-order valence-electron chi connectivity index (χ3n) is 3.32. The first-order valence-electron chi connectivity index (χ1n) is 6.40. The van der Waals surface area contributed by atoms with E-state index in [1.165, 1.54) is 24.3 Å². The maximum Gasteiger partial charge on any atom is 0.211 e. The van der Waals surface area contributed by atoms with E-state index < -0.39 is 0 Å². The number of rotatable bonds is 3. The van der Waals surface area contributed by atoms with Gasteiger partial charge in [-0.05, 0) is 41.9 Å². The lowest BCUT2D eigenvalue weighted by atomic mass is 10.1. The molecule has 0 N–H and O–H groups in total. The summed E-state index contributed by atoms with van der Waals surface area (Å²) in [6.45, 7) is 1.15. The van der Waals surface area contributed by atoms with Crippen LogP contribution in [-0.4, -0.2) is 36.3 Å². The van der Waals surface area contributed by atoms with Gasteiger partial charge in [0.05, 0.1) is 0 Å². The number of fused-ring (bicyclic) bond motifs is 1. The second kappa shape index (κ2) is 5.22. The molecule has 18 heavy (non-hydrogen) atoms. The van der Waals surface area contributed by atoms with Gasteiger partial charge in [-0.3, -0.25) is 4.79 Å². The van der Waals surface area contributed by atoms with Gasteiger partial charge in [0.1, 0.15) is 24.7 Å². The van der Waals surface area contributed by atoms with Crippen molar-refractivity contribution in [3.63, 3.8) is 0 Å². The predicted molar refractivity (Wildman–Crippen MR) is 73.0 cm³/mol. The Kier molecular flexibility index (Phi) is 3.46. The number of hydrogen-bond acceptors (Lipinski definition) is 3. The van der Waals surface area contributed by atoms with Gasteiger partial charge in [-0.25, -0.2) is 0 Å². The lowest BCUT2D eigenvalue weighted by Crippen LogP contribution is -2.19. The molecule has 1 saturated heterocycles. The van der Waals surface area contributed by atoms with Crippen LogP contribution in [0.25, 0.3) is 0 Å². The molecule has 4 heteroatoms. The Bertz CT molecular complexity index is 452. The van der Waals surface area contributed by atoms with Gasteiger partial charge in [-0.2, -0.15) is 0 Å². The Hall–Kier alpha value is -1.16. The molecule has 0 amide bonds. The molecule has 0 aromatic heterocycles. The summed E-state index contributed by atoms with van der Waals surface area (Å²) in [5.41, 5.74) is 0.763. The fourth-order valence-electron chi connectivity index (χ4n) is 2.34. The van der Waals surface area contributed by atoms with Gasteiger partial charge in [-0.15, -0.1) is 0 Å². The molecule has 0 aliphatic carbocycles. The standard InChI is InChI=1S/C14H17O3S/c15-12(10-18-7-1-2-8-18)11-3-4-13-14(9-11)17-6-5-16-13/h3-4,9H,1-2,5-8,10H2/q+1. The van der Waals surface area contributed by atoms with E-state index >= 15 is 0 Å². The molecule has 2 heterocycles. The van der Waals surface area contributed by atoms with Gasteiger partial charge < -0.3 is 9.47 Å². The molecular formula is C14H17O3S+. The van der Waals surface area contributed by atoms with Crippen molar-refractivity contribution in [3.8, 4) is 11.5 Å². The number of carbonyl (C=O) groups is 1. The summed E-state index contributed by atoms with van der Waals surface area (Å²) in [6, 6.07) is 5.53. The smallest absolute Gasteiger partial charge is 0.211 e. The van der Waals surface area contributed by atoms with Crippen LogP contribution in [0, 0.1) is 0 Å². The second-order valence-corrected chi connectivity index (χ2v) is 6.98. The lowest BCUT2D eigenvalue weighted by Gasteiger charge is -2.18. The van der Waals surface area contributed by atoms with Crippen LogP contribution in [0.2, 0.25) is 0 Å². The second-order valence-electron chi connectivity index (χ2n) is 4.65. The van der Waals surface area contributed by atoms with E-state index in [0.717, 1.165) is 11.3 Å². The van der Waals surface area contributed by atoms with Crippen molar-refractivity contribution < 1.29 is 14.3 Å². The van der Waals surface area contributed by atoms with Crippen molar-refractivity contribution in [2.24, 2.45) is 0 Å². The zero-order chi connectivity index (χ0) is 12.4. The van der Waals surface area contributed by atoms with E-state index in [4.69, 9.17) is 9.47 Å². The zero-order valence-electron chi connectivity index (χ0n) is 10.3. The number of ketones is 1. The van der Waals surface area contributed by atoms with Crippen LogP contribution in [-0.2, 0) is 10.9 Å². The minimum Gasteiger partial charge on any atom is -0.486 e. The average Bonchev–Trinajstić information content (AvgIpc) is 2.91. The van der Waals surface area contributed by atoms with Crippen molar-refractivity contribution in [3.05, 3.63) is 23.8 Å². The Labute approximate surface area is 110 Å². The lowest BCUT2D eigenvalue weighted by molar-refractivity contribution is 0.102. The van der Waals surface area contributed by atoms with Gasteiger partial charge in [-0.1, -0.05) is 0 Å². The highest BCUT2D eigenvalue weighted by atomic mass is 32.2. The monoisotopic (exact) mass is 265 g/mol. The normalized spacial score (nSPS) is 18.9. The molecule has 3 nitrogen and oxygen atoms in total. The van der Waals surface area contributed by atoms with E-state index in [2.05, 4.69) is 0 Å². The highest BCUT2D eigenvalue weighted by Crippen LogP contribution is 2.31. The number of benzene rings is 1. The molecular weight excluding hydrogens is 248 g/mol. The maximum absolute atomic E-state index is 12.2. The average molecular weight is 265 g/mol. The minimum absolute atomic E-state index is 0.247. The first kappa shape index (κ1) is 11.9. The van der Waals surface area contributed by atoms with E-state index in [1.807, 2.05) is 18.2 Å². The molecule has 1 aromatic rings. The first-order valence-corrected chi connectivity index (χ1v) is 8.13. The molecule has 1 fully saturated rings. The van der Waals surface area contributed by atoms with Gasteiger partial charge in [0.15, 0.2) is 17.3 Å².